The average Bonchev–Trinajstić information content (AvgIpc) is 3.22. The van der Waals surface area contributed by atoms with Crippen molar-refractivity contribution in [3.05, 3.63) is 45.4 Å². The highest BCUT2D eigenvalue weighted by Crippen LogP contribution is 2.23. The van der Waals surface area contributed by atoms with Crippen LogP contribution in [0.2, 0.25) is 0 Å². The van der Waals surface area contributed by atoms with Gasteiger partial charge in [0.15, 0.2) is 0 Å². The maximum Gasteiger partial charge on any atom is 0.282 e. The van der Waals surface area contributed by atoms with Crippen molar-refractivity contribution in [1.29, 1.82) is 0 Å². The standard InChI is InChI=1S/C24H35N5O2S/c1-17-4-6-20(7-5-17)12-25-23(30)24-27-26-22(32-24)16-28-10-8-21(9-11-28)15-29-13-18(2)31-19(3)14-29/h4-7,18-19,21H,8-16H2,1-3H3,(H,25,30). The van der Waals surface area contributed by atoms with Gasteiger partial charge in [0.1, 0.15) is 5.01 Å². The Labute approximate surface area is 195 Å². The average molecular weight is 458 g/mol. The summed E-state index contributed by atoms with van der Waals surface area (Å²) >= 11 is 1.40. The molecular weight excluding hydrogens is 422 g/mol. The Kier molecular flexibility index (Phi) is 7.88. The number of aryl methyl sites for hydroxylation is 1. The smallest absolute Gasteiger partial charge is 0.282 e. The molecule has 1 N–H and O–H groups in total. The summed E-state index contributed by atoms with van der Waals surface area (Å²) in [7, 11) is 0. The third kappa shape index (κ3) is 6.57. The SMILES string of the molecule is Cc1ccc(CNC(=O)c2nnc(CN3CCC(CN4CC(C)OC(C)C4)CC3)s2)cc1. The summed E-state index contributed by atoms with van der Waals surface area (Å²) < 4.78 is 5.86. The van der Waals surface area contributed by atoms with E-state index in [1.54, 1.807) is 0 Å². The number of rotatable bonds is 7. The number of carbonyl (C=O) groups excluding carboxylic acids is 1. The lowest BCUT2D eigenvalue weighted by Gasteiger charge is -2.39. The minimum absolute atomic E-state index is 0.151. The Morgan fingerprint density at radius 2 is 1.78 bits per heavy atom. The second-order valence-corrected chi connectivity index (χ2v) is 10.4. The summed E-state index contributed by atoms with van der Waals surface area (Å²) in [5.41, 5.74) is 2.29. The quantitative estimate of drug-likeness (QED) is 0.689. The molecule has 0 spiro atoms. The number of morpholine rings is 1. The van der Waals surface area contributed by atoms with Gasteiger partial charge in [-0.1, -0.05) is 41.2 Å². The molecule has 2 aromatic rings. The van der Waals surface area contributed by atoms with Crippen molar-refractivity contribution in [2.45, 2.75) is 58.9 Å². The fourth-order valence-corrected chi connectivity index (χ4v) is 5.49. The van der Waals surface area contributed by atoms with Crippen molar-refractivity contribution in [3.63, 3.8) is 0 Å². The van der Waals surface area contributed by atoms with Crippen LogP contribution in [0.5, 0.6) is 0 Å². The number of hydrogen-bond acceptors (Lipinski definition) is 7. The molecule has 2 aliphatic heterocycles. The number of nitrogens with one attached hydrogen (secondary N) is 1. The van der Waals surface area contributed by atoms with E-state index >= 15 is 0 Å². The number of ether oxygens (including phenoxy) is 1. The number of benzene rings is 1. The zero-order valence-electron chi connectivity index (χ0n) is 19.4. The molecule has 4 rings (SSSR count). The first-order chi connectivity index (χ1) is 15.4. The number of amides is 1. The van der Waals surface area contributed by atoms with Crippen LogP contribution < -0.4 is 5.32 Å². The highest BCUT2D eigenvalue weighted by Gasteiger charge is 2.27. The fraction of sp³-hybridized carbons (Fsp3) is 0.625. The third-order valence-corrected chi connectivity index (χ3v) is 7.22. The van der Waals surface area contributed by atoms with Gasteiger partial charge in [0.25, 0.3) is 5.91 Å². The number of hydrogen-bond donors (Lipinski definition) is 1. The molecule has 2 atom stereocenters. The summed E-state index contributed by atoms with van der Waals surface area (Å²) in [5, 5.41) is 12.7. The van der Waals surface area contributed by atoms with Gasteiger partial charge in [-0.25, -0.2) is 0 Å². The lowest BCUT2D eigenvalue weighted by Crippen LogP contribution is -2.48. The highest BCUT2D eigenvalue weighted by molar-refractivity contribution is 7.13. The van der Waals surface area contributed by atoms with Crippen LogP contribution in [0.25, 0.3) is 0 Å². The van der Waals surface area contributed by atoms with Crippen molar-refractivity contribution < 1.29 is 9.53 Å². The molecule has 174 valence electrons. The third-order valence-electron chi connectivity index (χ3n) is 6.31. The van der Waals surface area contributed by atoms with Crippen LogP contribution in [0.15, 0.2) is 24.3 Å². The van der Waals surface area contributed by atoms with Crippen LogP contribution in [0.3, 0.4) is 0 Å². The molecule has 32 heavy (non-hydrogen) atoms. The predicted octanol–water partition coefficient (Wildman–Crippen LogP) is 3.10. The van der Waals surface area contributed by atoms with E-state index in [9.17, 15) is 4.79 Å². The van der Waals surface area contributed by atoms with E-state index in [4.69, 9.17) is 4.74 Å². The maximum absolute atomic E-state index is 12.4. The van der Waals surface area contributed by atoms with Crippen LogP contribution in [-0.2, 0) is 17.8 Å². The summed E-state index contributed by atoms with van der Waals surface area (Å²) in [6, 6.07) is 8.17. The summed E-state index contributed by atoms with van der Waals surface area (Å²) in [4.78, 5) is 17.5. The van der Waals surface area contributed by atoms with Gasteiger partial charge in [-0.3, -0.25) is 14.6 Å². The Morgan fingerprint density at radius 3 is 2.47 bits per heavy atom. The summed E-state index contributed by atoms with van der Waals surface area (Å²) in [5.74, 6) is 0.600. The minimum Gasteiger partial charge on any atom is -0.373 e. The Bertz CT molecular complexity index is 869. The minimum atomic E-state index is -0.151. The Morgan fingerprint density at radius 1 is 1.09 bits per heavy atom. The van der Waals surface area contributed by atoms with Crippen LogP contribution in [-0.4, -0.2) is 70.8 Å². The van der Waals surface area contributed by atoms with Crippen molar-refractivity contribution in [3.8, 4) is 0 Å². The van der Waals surface area contributed by atoms with E-state index in [2.05, 4.69) is 58.2 Å². The molecule has 1 amide bonds. The normalized spacial score (nSPS) is 23.3. The predicted molar refractivity (Wildman–Crippen MR) is 127 cm³/mol. The van der Waals surface area contributed by atoms with Gasteiger partial charge in [-0.2, -0.15) is 0 Å². The van der Waals surface area contributed by atoms with Crippen molar-refractivity contribution in [2.75, 3.05) is 32.7 Å². The highest BCUT2D eigenvalue weighted by atomic mass is 32.1. The largest absolute Gasteiger partial charge is 0.373 e. The zero-order valence-corrected chi connectivity index (χ0v) is 20.2. The van der Waals surface area contributed by atoms with Crippen LogP contribution in [0.1, 0.15) is 52.6 Å². The van der Waals surface area contributed by atoms with Crippen LogP contribution >= 0.6 is 11.3 Å². The second kappa shape index (κ2) is 10.8. The van der Waals surface area contributed by atoms with Gasteiger partial charge in [0, 0.05) is 26.2 Å². The number of carbonyl (C=O) groups is 1. The zero-order chi connectivity index (χ0) is 22.5. The van der Waals surface area contributed by atoms with E-state index in [0.717, 1.165) is 49.2 Å². The van der Waals surface area contributed by atoms with Gasteiger partial charge in [-0.05, 0) is 58.2 Å². The molecule has 3 heterocycles. The van der Waals surface area contributed by atoms with E-state index in [1.165, 1.54) is 36.3 Å². The van der Waals surface area contributed by atoms with E-state index in [-0.39, 0.29) is 5.91 Å². The van der Waals surface area contributed by atoms with Crippen molar-refractivity contribution in [2.24, 2.45) is 5.92 Å². The van der Waals surface area contributed by atoms with Crippen molar-refractivity contribution in [1.82, 2.24) is 25.3 Å². The lowest BCUT2D eigenvalue weighted by atomic mass is 9.95. The van der Waals surface area contributed by atoms with Crippen molar-refractivity contribution >= 4 is 17.2 Å². The number of nitrogens with zero attached hydrogens (tertiary/aromatic N) is 4. The second-order valence-electron chi connectivity index (χ2n) is 9.36. The molecule has 0 radical (unpaired) electrons. The molecule has 2 saturated heterocycles. The maximum atomic E-state index is 12.4. The molecule has 1 aromatic heterocycles. The molecule has 8 heteroatoms. The Hall–Kier alpha value is -1.87. The van der Waals surface area contributed by atoms with E-state index in [1.807, 2.05) is 12.1 Å². The van der Waals surface area contributed by atoms with Gasteiger partial charge in [0.2, 0.25) is 5.01 Å². The molecule has 7 nitrogen and oxygen atoms in total. The molecule has 0 saturated carbocycles. The first-order valence-electron chi connectivity index (χ1n) is 11.7. The number of likely N-dealkylation sites (tertiary alicyclic amines) is 1. The van der Waals surface area contributed by atoms with Gasteiger partial charge < -0.3 is 10.1 Å². The molecule has 1 aromatic carbocycles. The molecule has 2 aliphatic rings. The van der Waals surface area contributed by atoms with E-state index < -0.39 is 0 Å². The van der Waals surface area contributed by atoms with Crippen LogP contribution in [0.4, 0.5) is 0 Å². The van der Waals surface area contributed by atoms with E-state index in [0.29, 0.717) is 23.8 Å². The lowest BCUT2D eigenvalue weighted by molar-refractivity contribution is -0.0732. The monoisotopic (exact) mass is 457 g/mol. The van der Waals surface area contributed by atoms with Gasteiger partial charge in [0.05, 0.1) is 18.8 Å². The molecule has 0 aliphatic carbocycles. The number of aromatic nitrogens is 2. The van der Waals surface area contributed by atoms with Crippen LogP contribution in [0, 0.1) is 12.8 Å². The van der Waals surface area contributed by atoms with Gasteiger partial charge >= 0.3 is 0 Å². The molecular formula is C24H35N5O2S. The summed E-state index contributed by atoms with van der Waals surface area (Å²) in [6.07, 6.45) is 3.09. The topological polar surface area (TPSA) is 70.6 Å². The Balaban J connectivity index is 1.19. The first kappa shape index (κ1) is 23.3. The summed E-state index contributed by atoms with van der Waals surface area (Å²) in [6.45, 7) is 13.1. The molecule has 2 unspecified atom stereocenters. The van der Waals surface area contributed by atoms with Gasteiger partial charge in [-0.15, -0.1) is 10.2 Å². The number of piperidine rings is 1. The molecule has 0 bridgehead atoms. The fourth-order valence-electron chi connectivity index (χ4n) is 4.69. The molecule has 2 fully saturated rings. The first-order valence-corrected chi connectivity index (χ1v) is 12.5.